The first-order chi connectivity index (χ1) is 7.56. The third-order valence-corrected chi connectivity index (χ3v) is 1.90. The topological polar surface area (TPSA) is 86.6 Å². The van der Waals surface area contributed by atoms with Crippen molar-refractivity contribution < 1.29 is 24.2 Å². The predicted molar refractivity (Wildman–Crippen MR) is 52.4 cm³/mol. The number of halogens is 1. The summed E-state index contributed by atoms with van der Waals surface area (Å²) >= 11 is 0. The molecule has 0 heterocycles. The van der Waals surface area contributed by atoms with Crippen LogP contribution in [0.2, 0.25) is 0 Å². The number of carboxylic acid groups (broad SMARTS) is 1. The van der Waals surface area contributed by atoms with Gasteiger partial charge >= 0.3 is 5.97 Å². The van der Waals surface area contributed by atoms with Crippen LogP contribution >= 0.6 is 0 Å². The van der Waals surface area contributed by atoms with Crippen molar-refractivity contribution in [3.8, 4) is 0 Å². The highest BCUT2D eigenvalue weighted by Crippen LogP contribution is 2.06. The Bertz CT molecular complexity index is 408. The number of nitrogens with one attached hydrogen (secondary N) is 1. The van der Waals surface area contributed by atoms with Gasteiger partial charge < -0.3 is 15.5 Å². The summed E-state index contributed by atoms with van der Waals surface area (Å²) in [4.78, 5) is 21.9. The summed E-state index contributed by atoms with van der Waals surface area (Å²) in [7, 11) is 0. The number of carbonyl (C=O) groups is 2. The van der Waals surface area contributed by atoms with Crippen LogP contribution in [-0.2, 0) is 4.79 Å². The molecule has 1 rings (SSSR count). The Kier molecular flexibility index (Phi) is 3.96. The number of aliphatic hydroxyl groups is 1. The number of rotatable bonds is 4. The van der Waals surface area contributed by atoms with Gasteiger partial charge in [-0.1, -0.05) is 12.1 Å². The minimum atomic E-state index is -1.44. The summed E-state index contributed by atoms with van der Waals surface area (Å²) in [5.41, 5.74) is -0.262. The summed E-state index contributed by atoms with van der Waals surface area (Å²) in [6.45, 7) is -0.754. The normalized spacial score (nSPS) is 11.9. The van der Waals surface area contributed by atoms with Crippen molar-refractivity contribution in [3.63, 3.8) is 0 Å². The minimum Gasteiger partial charge on any atom is -0.480 e. The molecule has 0 saturated carbocycles. The molecule has 0 unspecified atom stereocenters. The highest BCUT2D eigenvalue weighted by Gasteiger charge is 2.20. The van der Waals surface area contributed by atoms with Gasteiger partial charge in [-0.15, -0.1) is 0 Å². The zero-order chi connectivity index (χ0) is 12.1. The van der Waals surface area contributed by atoms with Crippen molar-refractivity contribution in [1.82, 2.24) is 5.32 Å². The van der Waals surface area contributed by atoms with Crippen LogP contribution in [-0.4, -0.2) is 34.7 Å². The molecule has 5 nitrogen and oxygen atoms in total. The van der Waals surface area contributed by atoms with Crippen molar-refractivity contribution in [2.45, 2.75) is 6.04 Å². The molecular formula is C10H10FNO4. The fourth-order valence-corrected chi connectivity index (χ4v) is 1.07. The molecule has 1 aromatic rings. The molecule has 0 radical (unpaired) electrons. The maximum absolute atomic E-state index is 13.1. The quantitative estimate of drug-likeness (QED) is 0.675. The first kappa shape index (κ1) is 12.1. The number of aliphatic carboxylic acids is 1. The third kappa shape index (κ3) is 2.77. The van der Waals surface area contributed by atoms with E-state index in [9.17, 15) is 14.0 Å². The van der Waals surface area contributed by atoms with Gasteiger partial charge in [0.15, 0.2) is 6.04 Å². The number of aliphatic hydroxyl groups excluding tert-OH is 1. The van der Waals surface area contributed by atoms with Crippen LogP contribution in [0.5, 0.6) is 0 Å². The van der Waals surface area contributed by atoms with Gasteiger partial charge in [-0.3, -0.25) is 4.79 Å². The maximum atomic E-state index is 13.1. The molecule has 86 valence electrons. The Morgan fingerprint density at radius 3 is 2.50 bits per heavy atom. The highest BCUT2D eigenvalue weighted by molar-refractivity contribution is 5.96. The van der Waals surface area contributed by atoms with Gasteiger partial charge in [0.05, 0.1) is 12.2 Å². The first-order valence-corrected chi connectivity index (χ1v) is 4.45. The van der Waals surface area contributed by atoms with Crippen LogP contribution < -0.4 is 5.32 Å². The van der Waals surface area contributed by atoms with E-state index in [2.05, 4.69) is 0 Å². The monoisotopic (exact) mass is 227 g/mol. The average Bonchev–Trinajstić information content (AvgIpc) is 2.25. The molecule has 6 heteroatoms. The van der Waals surface area contributed by atoms with Gasteiger partial charge in [-0.2, -0.15) is 0 Å². The SMILES string of the molecule is O=C(N[C@H](CO)C(=O)O)c1ccccc1F. The zero-order valence-corrected chi connectivity index (χ0v) is 8.18. The van der Waals surface area contributed by atoms with E-state index in [1.54, 1.807) is 0 Å². The summed E-state index contributed by atoms with van der Waals surface area (Å²) in [6.07, 6.45) is 0. The molecule has 0 bridgehead atoms. The summed E-state index contributed by atoms with van der Waals surface area (Å²) in [5.74, 6) is -3.01. The molecule has 1 amide bonds. The van der Waals surface area contributed by atoms with Crippen LogP contribution in [0, 0.1) is 5.82 Å². The Balaban J connectivity index is 2.80. The van der Waals surface area contributed by atoms with Crippen molar-refractivity contribution in [3.05, 3.63) is 35.6 Å². The molecule has 0 aliphatic heterocycles. The lowest BCUT2D eigenvalue weighted by Crippen LogP contribution is -2.43. The largest absolute Gasteiger partial charge is 0.480 e. The maximum Gasteiger partial charge on any atom is 0.328 e. The van der Waals surface area contributed by atoms with E-state index in [-0.39, 0.29) is 5.56 Å². The van der Waals surface area contributed by atoms with E-state index in [1.807, 2.05) is 5.32 Å². The van der Waals surface area contributed by atoms with Crippen molar-refractivity contribution in [1.29, 1.82) is 0 Å². The van der Waals surface area contributed by atoms with Gasteiger partial charge in [0, 0.05) is 0 Å². The van der Waals surface area contributed by atoms with Gasteiger partial charge in [0.2, 0.25) is 0 Å². The van der Waals surface area contributed by atoms with Crippen LogP contribution in [0.3, 0.4) is 0 Å². The summed E-state index contributed by atoms with van der Waals surface area (Å²) in [6, 6.07) is 3.73. The van der Waals surface area contributed by atoms with Crippen molar-refractivity contribution >= 4 is 11.9 Å². The molecule has 0 aliphatic carbocycles. The fraction of sp³-hybridized carbons (Fsp3) is 0.200. The van der Waals surface area contributed by atoms with Crippen LogP contribution in [0.1, 0.15) is 10.4 Å². The zero-order valence-electron chi connectivity index (χ0n) is 8.18. The number of benzene rings is 1. The number of carboxylic acids is 1. The van der Waals surface area contributed by atoms with Crippen LogP contribution in [0.4, 0.5) is 4.39 Å². The minimum absolute atomic E-state index is 0.262. The summed E-state index contributed by atoms with van der Waals surface area (Å²) in [5, 5.41) is 19.2. The highest BCUT2D eigenvalue weighted by atomic mass is 19.1. The van der Waals surface area contributed by atoms with Gasteiger partial charge in [0.25, 0.3) is 5.91 Å². The molecule has 1 atom stereocenters. The van der Waals surface area contributed by atoms with Gasteiger partial charge in [0.1, 0.15) is 5.82 Å². The Morgan fingerprint density at radius 1 is 1.38 bits per heavy atom. The molecule has 1 aromatic carbocycles. The standard InChI is InChI=1S/C10H10FNO4/c11-7-4-2-1-3-6(7)9(14)12-8(5-13)10(15)16/h1-4,8,13H,5H2,(H,12,14)(H,15,16)/t8-/m1/s1. The molecule has 0 spiro atoms. The lowest BCUT2D eigenvalue weighted by molar-refractivity contribution is -0.140. The second-order valence-electron chi connectivity index (χ2n) is 3.03. The number of carbonyl (C=O) groups excluding carboxylic acids is 1. The molecule has 3 N–H and O–H groups in total. The van der Waals surface area contributed by atoms with Crippen LogP contribution in [0.15, 0.2) is 24.3 Å². The third-order valence-electron chi connectivity index (χ3n) is 1.90. The smallest absolute Gasteiger partial charge is 0.328 e. The second-order valence-corrected chi connectivity index (χ2v) is 3.03. The Morgan fingerprint density at radius 2 is 2.00 bits per heavy atom. The average molecular weight is 227 g/mol. The van der Waals surface area contributed by atoms with E-state index in [0.717, 1.165) is 6.07 Å². The van der Waals surface area contributed by atoms with Gasteiger partial charge in [-0.25, -0.2) is 9.18 Å². The molecule has 0 saturated heterocycles. The fourth-order valence-electron chi connectivity index (χ4n) is 1.07. The van der Waals surface area contributed by atoms with Crippen LogP contribution in [0.25, 0.3) is 0 Å². The first-order valence-electron chi connectivity index (χ1n) is 4.45. The van der Waals surface area contributed by atoms with Crippen molar-refractivity contribution in [2.24, 2.45) is 0 Å². The lowest BCUT2D eigenvalue weighted by atomic mass is 10.2. The molecule has 0 fully saturated rings. The van der Waals surface area contributed by atoms with E-state index in [1.165, 1.54) is 18.2 Å². The second kappa shape index (κ2) is 5.22. The Labute approximate surface area is 90.5 Å². The van der Waals surface area contributed by atoms with Gasteiger partial charge in [-0.05, 0) is 12.1 Å². The molecular weight excluding hydrogens is 217 g/mol. The van der Waals surface area contributed by atoms with Crippen molar-refractivity contribution in [2.75, 3.05) is 6.61 Å². The van der Waals surface area contributed by atoms with E-state index in [0.29, 0.717) is 0 Å². The number of hydrogen-bond acceptors (Lipinski definition) is 3. The van der Waals surface area contributed by atoms with E-state index < -0.39 is 30.3 Å². The molecule has 0 aromatic heterocycles. The lowest BCUT2D eigenvalue weighted by Gasteiger charge is -2.11. The predicted octanol–water partition coefficient (Wildman–Crippen LogP) is 0.001000. The van der Waals surface area contributed by atoms with E-state index in [4.69, 9.17) is 10.2 Å². The number of amides is 1. The summed E-state index contributed by atoms with van der Waals surface area (Å²) < 4.78 is 13.1. The molecule has 0 aliphatic rings. The van der Waals surface area contributed by atoms with E-state index >= 15 is 0 Å². The molecule has 16 heavy (non-hydrogen) atoms. The number of hydrogen-bond donors (Lipinski definition) is 3. The Hall–Kier alpha value is -1.95.